The van der Waals surface area contributed by atoms with Gasteiger partial charge in [-0.2, -0.15) is 18.2 Å². The molecule has 5 heterocycles. The van der Waals surface area contributed by atoms with Crippen LogP contribution in [0.2, 0.25) is 0 Å². The van der Waals surface area contributed by atoms with Gasteiger partial charge in [0.25, 0.3) is 0 Å². The standard InChI is InChI=1S/C13H12F3N5O/c14-13(15,16)12-19-11(20-22-12)7-1-2-10(17-4-7)21-5-8-3-9(6-21)18-8/h1-2,4,8-9,18H,3,5-6H2. The summed E-state index contributed by atoms with van der Waals surface area (Å²) in [4.78, 5) is 9.81. The van der Waals surface area contributed by atoms with E-state index < -0.39 is 12.1 Å². The van der Waals surface area contributed by atoms with Crippen LogP contribution in [0.5, 0.6) is 0 Å². The number of nitrogens with one attached hydrogen (secondary N) is 1. The third kappa shape index (κ3) is 2.31. The number of anilines is 1. The van der Waals surface area contributed by atoms with E-state index in [-0.39, 0.29) is 5.82 Å². The molecule has 0 spiro atoms. The first-order valence-electron chi connectivity index (χ1n) is 6.87. The highest BCUT2D eigenvalue weighted by Gasteiger charge is 2.39. The maximum Gasteiger partial charge on any atom is 0.471 e. The molecule has 116 valence electrons. The molecule has 3 fully saturated rings. The predicted octanol–water partition coefficient (Wildman–Crippen LogP) is 1.70. The topological polar surface area (TPSA) is 67.1 Å². The van der Waals surface area contributed by atoms with Crippen LogP contribution in [0.25, 0.3) is 11.4 Å². The Morgan fingerprint density at radius 1 is 1.23 bits per heavy atom. The average molecular weight is 311 g/mol. The first kappa shape index (κ1) is 13.5. The molecule has 6 nitrogen and oxygen atoms in total. The van der Waals surface area contributed by atoms with Crippen molar-refractivity contribution in [2.75, 3.05) is 18.0 Å². The van der Waals surface area contributed by atoms with Gasteiger partial charge in [-0.15, -0.1) is 0 Å². The van der Waals surface area contributed by atoms with Crippen molar-refractivity contribution in [2.45, 2.75) is 24.7 Å². The van der Waals surface area contributed by atoms with Crippen LogP contribution in [0.3, 0.4) is 0 Å². The third-order valence-electron chi connectivity index (χ3n) is 3.92. The van der Waals surface area contributed by atoms with Crippen molar-refractivity contribution in [1.82, 2.24) is 20.4 Å². The van der Waals surface area contributed by atoms with E-state index in [9.17, 15) is 13.2 Å². The molecule has 9 heteroatoms. The van der Waals surface area contributed by atoms with Gasteiger partial charge in [0.2, 0.25) is 5.82 Å². The first-order chi connectivity index (χ1) is 10.5. The van der Waals surface area contributed by atoms with Crippen LogP contribution in [-0.4, -0.2) is 40.3 Å². The molecule has 2 unspecified atom stereocenters. The van der Waals surface area contributed by atoms with Gasteiger partial charge in [-0.25, -0.2) is 4.98 Å². The minimum atomic E-state index is -4.64. The maximum atomic E-state index is 12.4. The molecule has 2 aromatic heterocycles. The van der Waals surface area contributed by atoms with Crippen LogP contribution in [0.4, 0.5) is 19.0 Å². The van der Waals surface area contributed by atoms with Crippen molar-refractivity contribution in [1.29, 1.82) is 0 Å². The summed E-state index contributed by atoms with van der Waals surface area (Å²) in [5, 5.41) is 6.77. The van der Waals surface area contributed by atoms with Crippen LogP contribution in [-0.2, 0) is 6.18 Å². The van der Waals surface area contributed by atoms with Crippen molar-refractivity contribution in [3.8, 4) is 11.4 Å². The monoisotopic (exact) mass is 311 g/mol. The number of nitrogens with zero attached hydrogens (tertiary/aromatic N) is 4. The molecule has 0 aromatic carbocycles. The van der Waals surface area contributed by atoms with Crippen molar-refractivity contribution in [2.24, 2.45) is 0 Å². The first-order valence-corrected chi connectivity index (χ1v) is 6.87. The second-order valence-electron chi connectivity index (χ2n) is 5.53. The van der Waals surface area contributed by atoms with Gasteiger partial charge in [-0.05, 0) is 18.6 Å². The Morgan fingerprint density at radius 2 is 1.95 bits per heavy atom. The second-order valence-corrected chi connectivity index (χ2v) is 5.53. The summed E-state index contributed by atoms with van der Waals surface area (Å²) in [5.41, 5.74) is 0.392. The van der Waals surface area contributed by atoms with Gasteiger partial charge in [0.1, 0.15) is 5.82 Å². The number of fused-ring (bicyclic) bond motifs is 2. The number of hydrogen-bond donors (Lipinski definition) is 1. The Balaban J connectivity index is 1.53. The number of rotatable bonds is 2. The maximum absolute atomic E-state index is 12.4. The lowest BCUT2D eigenvalue weighted by molar-refractivity contribution is -0.159. The number of piperazine rings is 1. The van der Waals surface area contributed by atoms with Gasteiger partial charge in [0.15, 0.2) is 0 Å². The van der Waals surface area contributed by atoms with Gasteiger partial charge >= 0.3 is 12.1 Å². The fourth-order valence-corrected chi connectivity index (χ4v) is 2.86. The fourth-order valence-electron chi connectivity index (χ4n) is 2.86. The van der Waals surface area contributed by atoms with Crippen LogP contribution < -0.4 is 10.2 Å². The number of hydrogen-bond acceptors (Lipinski definition) is 6. The lowest BCUT2D eigenvalue weighted by atomic mass is 9.91. The summed E-state index contributed by atoms with van der Waals surface area (Å²) < 4.78 is 41.5. The Kier molecular flexibility index (Phi) is 2.86. The van der Waals surface area contributed by atoms with Gasteiger partial charge in [-0.1, -0.05) is 5.16 Å². The van der Waals surface area contributed by atoms with Gasteiger partial charge in [0.05, 0.1) is 0 Å². The Labute approximate surface area is 123 Å². The van der Waals surface area contributed by atoms with Crippen molar-refractivity contribution >= 4 is 5.82 Å². The summed E-state index contributed by atoms with van der Waals surface area (Å²) >= 11 is 0. The molecule has 3 aliphatic rings. The molecule has 5 rings (SSSR count). The smallest absolute Gasteiger partial charge is 0.353 e. The molecule has 2 atom stereocenters. The van der Waals surface area contributed by atoms with E-state index in [0.717, 1.165) is 18.9 Å². The van der Waals surface area contributed by atoms with E-state index in [1.54, 1.807) is 12.1 Å². The molecule has 3 aliphatic heterocycles. The van der Waals surface area contributed by atoms with Crippen LogP contribution in [0.15, 0.2) is 22.9 Å². The van der Waals surface area contributed by atoms with E-state index in [1.807, 2.05) is 0 Å². The third-order valence-corrected chi connectivity index (χ3v) is 3.92. The molecule has 2 aromatic rings. The fraction of sp³-hybridized carbons (Fsp3) is 0.462. The average Bonchev–Trinajstić information content (AvgIpc) is 2.97. The second kappa shape index (κ2) is 4.67. The highest BCUT2D eigenvalue weighted by molar-refractivity contribution is 5.56. The number of aromatic nitrogens is 3. The largest absolute Gasteiger partial charge is 0.471 e. The number of alkyl halides is 3. The Morgan fingerprint density at radius 3 is 2.50 bits per heavy atom. The normalized spacial score (nSPS) is 24.2. The van der Waals surface area contributed by atoms with Crippen molar-refractivity contribution < 1.29 is 17.7 Å². The number of piperidine rings is 1. The van der Waals surface area contributed by atoms with Gasteiger partial charge in [-0.3, -0.25) is 0 Å². The zero-order valence-electron chi connectivity index (χ0n) is 11.3. The zero-order valence-corrected chi connectivity index (χ0v) is 11.3. The molecule has 1 N–H and O–H groups in total. The molecule has 0 aliphatic carbocycles. The van der Waals surface area contributed by atoms with Crippen LogP contribution in [0, 0.1) is 0 Å². The Hall–Kier alpha value is -2.16. The molecular formula is C13H12F3N5O. The summed E-state index contributed by atoms with van der Waals surface area (Å²) in [7, 11) is 0. The van der Waals surface area contributed by atoms with Gasteiger partial charge in [0, 0.05) is 36.9 Å². The zero-order chi connectivity index (χ0) is 15.3. The van der Waals surface area contributed by atoms with Crippen molar-refractivity contribution in [3.05, 3.63) is 24.2 Å². The van der Waals surface area contributed by atoms with E-state index in [1.165, 1.54) is 12.6 Å². The summed E-state index contributed by atoms with van der Waals surface area (Å²) in [6, 6.07) is 4.43. The summed E-state index contributed by atoms with van der Waals surface area (Å²) in [6.07, 6.45) is -1.98. The predicted molar refractivity (Wildman–Crippen MR) is 70.1 cm³/mol. The van der Waals surface area contributed by atoms with E-state index >= 15 is 0 Å². The summed E-state index contributed by atoms with van der Waals surface area (Å²) in [5.74, 6) is -0.664. The molecule has 2 bridgehead atoms. The minimum Gasteiger partial charge on any atom is -0.353 e. The van der Waals surface area contributed by atoms with Gasteiger partial charge < -0.3 is 14.7 Å². The SMILES string of the molecule is FC(F)(F)c1nc(-c2ccc(N3CC4CC(C3)N4)nc2)no1. The quantitative estimate of drug-likeness (QED) is 0.910. The molecule has 0 radical (unpaired) electrons. The molecule has 0 amide bonds. The lowest BCUT2D eigenvalue weighted by Crippen LogP contribution is -2.67. The highest BCUT2D eigenvalue weighted by atomic mass is 19.4. The Bertz CT molecular complexity index is 668. The van der Waals surface area contributed by atoms with Crippen LogP contribution in [0.1, 0.15) is 12.3 Å². The van der Waals surface area contributed by atoms with Crippen molar-refractivity contribution in [3.63, 3.8) is 0 Å². The number of pyridine rings is 1. The summed E-state index contributed by atoms with van der Waals surface area (Å²) in [6.45, 7) is 1.78. The molecule has 22 heavy (non-hydrogen) atoms. The molecule has 3 saturated heterocycles. The van der Waals surface area contributed by atoms with E-state index in [0.29, 0.717) is 17.6 Å². The van der Waals surface area contributed by atoms with E-state index in [4.69, 9.17) is 0 Å². The van der Waals surface area contributed by atoms with E-state index in [2.05, 4.69) is 29.9 Å². The highest BCUT2D eigenvalue weighted by Crippen LogP contribution is 2.30. The van der Waals surface area contributed by atoms with Crippen LogP contribution >= 0.6 is 0 Å². The molecular weight excluding hydrogens is 299 g/mol. The molecule has 0 saturated carbocycles. The number of halogens is 3. The minimum absolute atomic E-state index is 0.116. The lowest BCUT2D eigenvalue weighted by Gasteiger charge is -2.48.